The van der Waals surface area contributed by atoms with Crippen molar-refractivity contribution in [3.8, 4) is 0 Å². The predicted octanol–water partition coefficient (Wildman–Crippen LogP) is 8.90. The Bertz CT molecular complexity index is 1670. The van der Waals surface area contributed by atoms with Gasteiger partial charge in [0.2, 0.25) is 0 Å². The maximum absolute atomic E-state index is 4.93. The number of thiazole rings is 1. The molecule has 0 radical (unpaired) electrons. The summed E-state index contributed by atoms with van der Waals surface area (Å²) < 4.78 is 1.27. The first-order valence-electron chi connectivity index (χ1n) is 13.8. The van der Waals surface area contributed by atoms with Gasteiger partial charge in [-0.3, -0.25) is 0 Å². The molecule has 2 aliphatic rings. The summed E-state index contributed by atoms with van der Waals surface area (Å²) in [6.07, 6.45) is 18.8. The molecule has 6 rings (SSSR count). The van der Waals surface area contributed by atoms with E-state index in [1.807, 2.05) is 11.3 Å². The monoisotopic (exact) mass is 501 g/mol. The van der Waals surface area contributed by atoms with Crippen molar-refractivity contribution in [2.24, 2.45) is 5.92 Å². The molecular formula is C35H35NS. The van der Waals surface area contributed by atoms with Crippen LogP contribution >= 0.6 is 11.3 Å². The van der Waals surface area contributed by atoms with E-state index in [1.54, 1.807) is 0 Å². The zero-order valence-corrected chi connectivity index (χ0v) is 23.0. The molecule has 0 saturated carbocycles. The van der Waals surface area contributed by atoms with E-state index in [9.17, 15) is 0 Å². The number of benzene rings is 3. The van der Waals surface area contributed by atoms with Crippen molar-refractivity contribution >= 4 is 61.2 Å². The van der Waals surface area contributed by atoms with Gasteiger partial charge >= 0.3 is 0 Å². The number of hydrogen-bond donors (Lipinski definition) is 0. The van der Waals surface area contributed by atoms with E-state index in [0.717, 1.165) is 37.6 Å². The molecule has 37 heavy (non-hydrogen) atoms. The molecule has 0 atom stereocenters. The number of aromatic nitrogens is 1. The molecule has 2 heteroatoms. The first-order valence-corrected chi connectivity index (χ1v) is 14.6. The highest BCUT2D eigenvalue weighted by Gasteiger charge is 2.20. The third kappa shape index (κ3) is 4.53. The van der Waals surface area contributed by atoms with E-state index in [0.29, 0.717) is 5.92 Å². The SMILES string of the molecule is C/C=C(\CCC(C)C)c1c2c(c(C3=CC=C(c4nc5ccccc5s4)CC3)c3ccccc13)=CCCC=2. The number of allylic oxidation sites excluding steroid dienone is 6. The van der Waals surface area contributed by atoms with Gasteiger partial charge in [0.1, 0.15) is 5.01 Å². The Balaban J connectivity index is 1.51. The molecule has 0 N–H and O–H groups in total. The van der Waals surface area contributed by atoms with E-state index in [2.05, 4.69) is 99.7 Å². The zero-order valence-electron chi connectivity index (χ0n) is 22.2. The molecule has 0 amide bonds. The van der Waals surface area contributed by atoms with Crippen LogP contribution in [0.3, 0.4) is 0 Å². The number of para-hydroxylation sites is 1. The van der Waals surface area contributed by atoms with Crippen LogP contribution in [0.15, 0.2) is 66.8 Å². The van der Waals surface area contributed by atoms with Crippen LogP contribution in [0.1, 0.15) is 75.4 Å². The molecule has 0 saturated heterocycles. The van der Waals surface area contributed by atoms with Crippen molar-refractivity contribution in [2.75, 3.05) is 0 Å². The molecule has 1 aromatic heterocycles. The van der Waals surface area contributed by atoms with Crippen molar-refractivity contribution in [3.05, 3.63) is 93.3 Å². The molecule has 1 nitrogen and oxygen atoms in total. The quantitative estimate of drug-likeness (QED) is 0.257. The largest absolute Gasteiger partial charge is 0.236 e. The molecule has 0 fully saturated rings. The molecule has 4 aromatic rings. The van der Waals surface area contributed by atoms with Crippen molar-refractivity contribution in [1.82, 2.24) is 4.98 Å². The first kappa shape index (κ1) is 24.1. The van der Waals surface area contributed by atoms with Gasteiger partial charge < -0.3 is 0 Å². The minimum Gasteiger partial charge on any atom is -0.236 e. The van der Waals surface area contributed by atoms with Gasteiger partial charge in [-0.25, -0.2) is 4.98 Å². The van der Waals surface area contributed by atoms with Gasteiger partial charge in [-0.2, -0.15) is 0 Å². The Kier molecular flexibility index (Phi) is 6.69. The molecule has 0 unspecified atom stereocenters. The van der Waals surface area contributed by atoms with Crippen molar-refractivity contribution in [1.29, 1.82) is 0 Å². The van der Waals surface area contributed by atoms with Crippen LogP contribution in [0.5, 0.6) is 0 Å². The van der Waals surface area contributed by atoms with Crippen molar-refractivity contribution in [2.45, 2.75) is 59.3 Å². The highest BCUT2D eigenvalue weighted by atomic mass is 32.1. The van der Waals surface area contributed by atoms with Crippen LogP contribution in [0.25, 0.3) is 49.9 Å². The van der Waals surface area contributed by atoms with Crippen LogP contribution in [0.4, 0.5) is 0 Å². The van der Waals surface area contributed by atoms with Crippen LogP contribution in [0, 0.1) is 5.92 Å². The summed E-state index contributed by atoms with van der Waals surface area (Å²) in [5, 5.41) is 6.88. The standard InChI is InChI=1S/C35H35NS/c1-4-24(18-17-23(2)3)33-27-11-5-7-13-29(27)34(30-14-8-6-12-28(30)33)25-19-21-26(22-20-25)35-36-31-15-9-10-16-32(31)37-35/h4-5,7,9-16,19,21,23H,6,8,17-18,20,22H2,1-3H3/b24-4+. The highest BCUT2D eigenvalue weighted by molar-refractivity contribution is 7.19. The third-order valence-corrected chi connectivity index (χ3v) is 8.97. The number of hydrogen-bond acceptors (Lipinski definition) is 2. The molecule has 1 heterocycles. The van der Waals surface area contributed by atoms with Gasteiger partial charge in [-0.15, -0.1) is 11.3 Å². The van der Waals surface area contributed by atoms with E-state index >= 15 is 0 Å². The summed E-state index contributed by atoms with van der Waals surface area (Å²) in [7, 11) is 0. The summed E-state index contributed by atoms with van der Waals surface area (Å²) in [5.74, 6) is 0.704. The molecule has 3 aromatic carbocycles. The minimum absolute atomic E-state index is 0.704. The Hall–Kier alpha value is -3.23. The predicted molar refractivity (Wildman–Crippen MR) is 164 cm³/mol. The molecule has 2 aliphatic carbocycles. The van der Waals surface area contributed by atoms with Gasteiger partial charge in [-0.1, -0.05) is 80.6 Å². The fourth-order valence-corrected chi connectivity index (χ4v) is 6.96. The summed E-state index contributed by atoms with van der Waals surface area (Å²) in [4.78, 5) is 4.93. The molecule has 186 valence electrons. The number of nitrogens with zero attached hydrogens (tertiary/aromatic N) is 1. The maximum atomic E-state index is 4.93. The fourth-order valence-electron chi connectivity index (χ4n) is 5.94. The van der Waals surface area contributed by atoms with Gasteiger partial charge in [0.05, 0.1) is 10.2 Å². The third-order valence-electron chi connectivity index (χ3n) is 7.86. The van der Waals surface area contributed by atoms with Gasteiger partial charge in [0.25, 0.3) is 0 Å². The summed E-state index contributed by atoms with van der Waals surface area (Å²) in [6.45, 7) is 6.88. The summed E-state index contributed by atoms with van der Waals surface area (Å²) >= 11 is 1.81. The second-order valence-corrected chi connectivity index (χ2v) is 11.8. The Morgan fingerprint density at radius 3 is 2.32 bits per heavy atom. The fraction of sp³-hybridized carbons (Fsp3) is 0.286. The van der Waals surface area contributed by atoms with Crippen molar-refractivity contribution < 1.29 is 0 Å². The molecule has 0 spiro atoms. The van der Waals surface area contributed by atoms with Gasteiger partial charge in [0, 0.05) is 0 Å². The number of rotatable bonds is 6. The lowest BCUT2D eigenvalue weighted by atomic mass is 9.82. The van der Waals surface area contributed by atoms with Crippen LogP contribution in [-0.2, 0) is 0 Å². The highest BCUT2D eigenvalue weighted by Crippen LogP contribution is 2.37. The first-order chi connectivity index (χ1) is 18.1. The Labute approximate surface area is 224 Å². The Morgan fingerprint density at radius 1 is 0.892 bits per heavy atom. The molecule has 0 bridgehead atoms. The van der Waals surface area contributed by atoms with Crippen LogP contribution in [-0.4, -0.2) is 4.98 Å². The summed E-state index contributed by atoms with van der Waals surface area (Å²) in [6, 6.07) is 17.6. The average Bonchev–Trinajstić information content (AvgIpc) is 3.37. The lowest BCUT2D eigenvalue weighted by molar-refractivity contribution is 0.599. The van der Waals surface area contributed by atoms with E-state index in [4.69, 9.17) is 4.98 Å². The topological polar surface area (TPSA) is 12.9 Å². The van der Waals surface area contributed by atoms with Crippen LogP contribution < -0.4 is 10.4 Å². The Morgan fingerprint density at radius 2 is 1.59 bits per heavy atom. The molecule has 0 aliphatic heterocycles. The second kappa shape index (κ2) is 10.3. The van der Waals surface area contributed by atoms with Crippen LogP contribution in [0.2, 0.25) is 0 Å². The smallest absolute Gasteiger partial charge is 0.120 e. The van der Waals surface area contributed by atoms with Gasteiger partial charge in [-0.05, 0) is 113 Å². The zero-order chi connectivity index (χ0) is 25.4. The van der Waals surface area contributed by atoms with E-state index in [1.165, 1.54) is 65.2 Å². The number of fused-ring (bicyclic) bond motifs is 3. The minimum atomic E-state index is 0.704. The lowest BCUT2D eigenvalue weighted by Crippen LogP contribution is -2.34. The van der Waals surface area contributed by atoms with E-state index < -0.39 is 0 Å². The normalized spacial score (nSPS) is 15.8. The van der Waals surface area contributed by atoms with Crippen molar-refractivity contribution in [3.63, 3.8) is 0 Å². The second-order valence-electron chi connectivity index (χ2n) is 10.7. The summed E-state index contributed by atoms with van der Waals surface area (Å²) in [5.41, 5.74) is 8.34. The molecular weight excluding hydrogens is 466 g/mol. The maximum Gasteiger partial charge on any atom is 0.120 e. The lowest BCUT2D eigenvalue weighted by Gasteiger charge is -2.22. The average molecular weight is 502 g/mol. The van der Waals surface area contributed by atoms with E-state index in [-0.39, 0.29) is 0 Å². The van der Waals surface area contributed by atoms with Gasteiger partial charge in [0.15, 0.2) is 0 Å².